The van der Waals surface area contributed by atoms with Gasteiger partial charge in [0.2, 0.25) is 0 Å². The lowest BCUT2D eigenvalue weighted by Gasteiger charge is -2.41. The van der Waals surface area contributed by atoms with Crippen LogP contribution in [0.5, 0.6) is 0 Å². The van der Waals surface area contributed by atoms with Gasteiger partial charge in [-0.2, -0.15) is 0 Å². The van der Waals surface area contributed by atoms with Gasteiger partial charge in [-0.1, -0.05) is 32.4 Å². The Morgan fingerprint density at radius 1 is 1.07 bits per heavy atom. The summed E-state index contributed by atoms with van der Waals surface area (Å²) < 4.78 is 5.93. The molecule has 2 saturated carbocycles. The van der Waals surface area contributed by atoms with E-state index in [-0.39, 0.29) is 29.2 Å². The largest absolute Gasteiger partial charge is 0.459 e. The first-order chi connectivity index (χ1) is 14.2. The first-order valence-electron chi connectivity index (χ1n) is 11.1. The lowest BCUT2D eigenvalue weighted by Crippen LogP contribution is -2.44. The van der Waals surface area contributed by atoms with Crippen molar-refractivity contribution in [2.24, 2.45) is 16.3 Å². The van der Waals surface area contributed by atoms with Crippen molar-refractivity contribution >= 4 is 23.2 Å². The lowest BCUT2D eigenvalue weighted by atomic mass is 9.63. The number of aliphatic imine (C=N–C) groups is 1. The van der Waals surface area contributed by atoms with E-state index in [9.17, 15) is 9.59 Å². The van der Waals surface area contributed by atoms with E-state index < -0.39 is 5.92 Å². The fourth-order valence-corrected chi connectivity index (χ4v) is 5.32. The topological polar surface area (TPSA) is 81.8 Å². The van der Waals surface area contributed by atoms with Gasteiger partial charge in [0.05, 0.1) is 11.5 Å². The molecule has 1 aromatic carbocycles. The summed E-state index contributed by atoms with van der Waals surface area (Å²) in [6, 6.07) is 7.52. The number of ether oxygens (including phenoxy) is 1. The molecule has 0 bridgehead atoms. The summed E-state index contributed by atoms with van der Waals surface area (Å²) in [6.07, 6.45) is 6.43. The molecule has 2 atom stereocenters. The molecule has 2 N–H and O–H groups in total. The molecule has 1 heterocycles. The maximum Gasteiger partial charge on any atom is 0.336 e. The van der Waals surface area contributed by atoms with Crippen LogP contribution in [-0.4, -0.2) is 23.6 Å². The molecule has 2 fully saturated rings. The zero-order valence-electron chi connectivity index (χ0n) is 18.2. The Bertz CT molecular complexity index is 905. The van der Waals surface area contributed by atoms with Crippen LogP contribution in [0.2, 0.25) is 0 Å². The summed E-state index contributed by atoms with van der Waals surface area (Å²) in [5.74, 6) is -0.930. The average molecular weight is 409 g/mol. The van der Waals surface area contributed by atoms with E-state index in [4.69, 9.17) is 15.5 Å². The molecule has 0 amide bonds. The first kappa shape index (κ1) is 20.8. The van der Waals surface area contributed by atoms with Crippen LogP contribution in [-0.2, 0) is 14.3 Å². The van der Waals surface area contributed by atoms with Crippen LogP contribution in [0.4, 0.5) is 5.69 Å². The van der Waals surface area contributed by atoms with Crippen molar-refractivity contribution < 1.29 is 14.3 Å². The van der Waals surface area contributed by atoms with Crippen LogP contribution in [0.3, 0.4) is 0 Å². The number of hydrogen-bond donors (Lipinski definition) is 1. The zero-order valence-corrected chi connectivity index (χ0v) is 18.2. The van der Waals surface area contributed by atoms with Crippen molar-refractivity contribution in [1.29, 1.82) is 0 Å². The summed E-state index contributed by atoms with van der Waals surface area (Å²) >= 11 is 0. The predicted molar refractivity (Wildman–Crippen MR) is 118 cm³/mol. The second-order valence-electron chi connectivity index (χ2n) is 9.87. The minimum atomic E-state index is -0.403. The highest BCUT2D eigenvalue weighted by molar-refractivity contribution is 6.12. The van der Waals surface area contributed by atoms with Gasteiger partial charge in [0.1, 0.15) is 11.9 Å². The normalized spacial score (nSPS) is 26.8. The molecule has 4 rings (SSSR count). The number of nitrogens with zero attached hydrogens (tertiary/aromatic N) is 1. The predicted octanol–water partition coefficient (Wildman–Crippen LogP) is 4.96. The summed E-state index contributed by atoms with van der Waals surface area (Å²) in [5, 5.41) is 0. The third-order valence-corrected chi connectivity index (χ3v) is 6.71. The van der Waals surface area contributed by atoms with Crippen LogP contribution in [0.15, 0.2) is 40.5 Å². The third kappa shape index (κ3) is 4.07. The maximum absolute atomic E-state index is 13.4. The molecule has 5 heteroatoms. The Morgan fingerprint density at radius 2 is 1.73 bits per heavy atom. The number of ketones is 1. The zero-order chi connectivity index (χ0) is 21.5. The third-order valence-electron chi connectivity index (χ3n) is 6.71. The highest BCUT2D eigenvalue weighted by Gasteiger charge is 2.47. The van der Waals surface area contributed by atoms with Gasteiger partial charge in [-0.15, -0.1) is 0 Å². The van der Waals surface area contributed by atoms with Crippen LogP contribution in [0.1, 0.15) is 77.2 Å². The number of rotatable bonds is 3. The van der Waals surface area contributed by atoms with Gasteiger partial charge in [0, 0.05) is 29.4 Å². The van der Waals surface area contributed by atoms with Crippen molar-refractivity contribution in [3.05, 3.63) is 41.1 Å². The van der Waals surface area contributed by atoms with Crippen molar-refractivity contribution in [3.63, 3.8) is 0 Å². The number of carbonyl (C=O) groups excluding carboxylic acids is 2. The number of Topliss-reactive ketones (excluding diaryl/α,β-unsaturated/α-hetero) is 1. The Kier molecular flexibility index (Phi) is 5.56. The van der Waals surface area contributed by atoms with Gasteiger partial charge >= 0.3 is 5.97 Å². The molecule has 1 aromatic rings. The number of carbonyl (C=O) groups is 2. The highest BCUT2D eigenvalue weighted by atomic mass is 16.5. The number of fused-ring (bicyclic) bond motifs is 1. The van der Waals surface area contributed by atoms with Crippen LogP contribution in [0.25, 0.3) is 0 Å². The Hall–Kier alpha value is -2.43. The highest BCUT2D eigenvalue weighted by Crippen LogP contribution is 2.47. The summed E-state index contributed by atoms with van der Waals surface area (Å²) in [7, 11) is 0. The van der Waals surface area contributed by atoms with Gasteiger partial charge in [-0.05, 0) is 62.1 Å². The quantitative estimate of drug-likeness (QED) is 0.566. The number of hydrogen-bond acceptors (Lipinski definition) is 5. The molecular formula is C25H32N2O3. The standard InChI is InChI=1S/C25H32N2O3/c1-15-21(24(29)30-18-7-5-4-6-8-18)22(16-9-11-17(26)12-10-16)23-19(27-15)13-25(2,3)14-20(23)28/h9-12,18,22-23H,4-8,13-14,26H2,1-3H3. The molecule has 30 heavy (non-hydrogen) atoms. The Balaban J connectivity index is 1.75. The molecule has 0 aromatic heterocycles. The van der Waals surface area contributed by atoms with E-state index in [1.807, 2.05) is 31.2 Å². The Morgan fingerprint density at radius 3 is 2.40 bits per heavy atom. The SMILES string of the molecule is CC1=C(C(=O)OC2CCCCC2)C(c2ccc(N)cc2)C2C(=O)CC(C)(C)CC2=N1. The van der Waals surface area contributed by atoms with E-state index in [2.05, 4.69) is 13.8 Å². The van der Waals surface area contributed by atoms with Gasteiger partial charge < -0.3 is 10.5 Å². The van der Waals surface area contributed by atoms with E-state index in [1.165, 1.54) is 6.42 Å². The monoisotopic (exact) mass is 408 g/mol. The molecule has 160 valence electrons. The summed E-state index contributed by atoms with van der Waals surface area (Å²) in [5.41, 5.74) is 9.47. The van der Waals surface area contributed by atoms with Crippen molar-refractivity contribution in [3.8, 4) is 0 Å². The smallest absolute Gasteiger partial charge is 0.336 e. The second-order valence-corrected chi connectivity index (χ2v) is 9.87. The summed E-state index contributed by atoms with van der Waals surface area (Å²) in [4.78, 5) is 31.4. The van der Waals surface area contributed by atoms with Gasteiger partial charge in [0.15, 0.2) is 0 Å². The lowest BCUT2D eigenvalue weighted by molar-refractivity contribution is -0.146. The minimum absolute atomic E-state index is 0.0371. The Labute approximate surface area is 178 Å². The number of anilines is 1. The van der Waals surface area contributed by atoms with Gasteiger partial charge in [-0.25, -0.2) is 4.79 Å². The van der Waals surface area contributed by atoms with E-state index >= 15 is 0 Å². The molecule has 0 saturated heterocycles. The van der Waals surface area contributed by atoms with Crippen LogP contribution < -0.4 is 5.73 Å². The molecule has 2 aliphatic carbocycles. The number of benzene rings is 1. The van der Waals surface area contributed by atoms with E-state index in [1.54, 1.807) is 0 Å². The first-order valence-corrected chi connectivity index (χ1v) is 11.1. The van der Waals surface area contributed by atoms with Crippen molar-refractivity contribution in [2.45, 2.75) is 77.7 Å². The van der Waals surface area contributed by atoms with Crippen molar-refractivity contribution in [1.82, 2.24) is 0 Å². The fraction of sp³-hybridized carbons (Fsp3) is 0.560. The fourth-order valence-electron chi connectivity index (χ4n) is 5.32. The molecule has 1 aliphatic heterocycles. The molecule has 3 aliphatic rings. The molecular weight excluding hydrogens is 376 g/mol. The maximum atomic E-state index is 13.4. The van der Waals surface area contributed by atoms with Crippen molar-refractivity contribution in [2.75, 3.05) is 5.73 Å². The van der Waals surface area contributed by atoms with Crippen LogP contribution >= 0.6 is 0 Å². The van der Waals surface area contributed by atoms with Gasteiger partial charge in [-0.3, -0.25) is 9.79 Å². The van der Waals surface area contributed by atoms with E-state index in [0.717, 1.165) is 43.4 Å². The molecule has 5 nitrogen and oxygen atoms in total. The second kappa shape index (κ2) is 8.01. The number of esters is 1. The number of allylic oxidation sites excluding steroid dienone is 1. The molecule has 0 spiro atoms. The summed E-state index contributed by atoms with van der Waals surface area (Å²) in [6.45, 7) is 6.08. The minimum Gasteiger partial charge on any atom is -0.459 e. The van der Waals surface area contributed by atoms with Gasteiger partial charge in [0.25, 0.3) is 0 Å². The molecule has 0 radical (unpaired) electrons. The average Bonchev–Trinajstić information content (AvgIpc) is 2.67. The van der Waals surface area contributed by atoms with Crippen LogP contribution in [0, 0.1) is 11.3 Å². The van der Waals surface area contributed by atoms with E-state index in [0.29, 0.717) is 23.4 Å². The molecule has 2 unspecified atom stereocenters. The number of nitrogen functional groups attached to an aromatic ring is 1. The number of nitrogens with two attached hydrogens (primary N) is 1.